The van der Waals surface area contributed by atoms with Gasteiger partial charge in [0.05, 0.1) is 29.5 Å². The summed E-state index contributed by atoms with van der Waals surface area (Å²) in [4.78, 5) is 68.8. The van der Waals surface area contributed by atoms with Crippen LogP contribution in [0, 0.1) is 6.57 Å². The summed E-state index contributed by atoms with van der Waals surface area (Å²) >= 11 is 2.74. The zero-order valence-corrected chi connectivity index (χ0v) is 31.3. The van der Waals surface area contributed by atoms with E-state index in [-0.39, 0.29) is 38.7 Å². The molecule has 4 heterocycles. The van der Waals surface area contributed by atoms with Crippen molar-refractivity contribution in [3.63, 3.8) is 0 Å². The Balaban J connectivity index is 0.000000285. The van der Waals surface area contributed by atoms with Crippen LogP contribution in [0.4, 0.5) is 19.6 Å². The second-order valence-electron chi connectivity index (χ2n) is 12.9. The summed E-state index contributed by atoms with van der Waals surface area (Å²) in [7, 11) is 0. The third-order valence-corrected chi connectivity index (χ3v) is 11.5. The summed E-state index contributed by atoms with van der Waals surface area (Å²) in [6.07, 6.45) is 1.53. The number of nitrogens with zero attached hydrogens (tertiary/aromatic N) is 3. The van der Waals surface area contributed by atoms with Crippen molar-refractivity contribution < 1.29 is 24.0 Å². The highest BCUT2D eigenvalue weighted by Gasteiger charge is 2.40. The predicted molar refractivity (Wildman–Crippen MR) is 222 cm³/mol. The van der Waals surface area contributed by atoms with Crippen LogP contribution in [-0.2, 0) is 4.79 Å². The highest BCUT2D eigenvalue weighted by Crippen LogP contribution is 2.38. The van der Waals surface area contributed by atoms with Crippen LogP contribution < -0.4 is 38.5 Å². The number of nitrogens with two attached hydrogens (primary N) is 3. The van der Waals surface area contributed by atoms with Gasteiger partial charge in [-0.1, -0.05) is 51.3 Å². The summed E-state index contributed by atoms with van der Waals surface area (Å²) in [6, 6.07) is 14.4. The van der Waals surface area contributed by atoms with Crippen LogP contribution >= 0.6 is 22.7 Å². The van der Waals surface area contributed by atoms with E-state index in [1.807, 2.05) is 62.4 Å². The van der Waals surface area contributed by atoms with E-state index < -0.39 is 17.1 Å². The fraction of sp³-hybridized carbons (Fsp3) is 0.421. The molecular weight excluding hydrogens is 741 g/mol. The molecule has 0 saturated carbocycles. The van der Waals surface area contributed by atoms with Gasteiger partial charge in [0.15, 0.2) is 0 Å². The molecule has 2 aliphatic rings. The van der Waals surface area contributed by atoms with Gasteiger partial charge in [-0.25, -0.2) is 16.2 Å². The number of thiophene rings is 2. The van der Waals surface area contributed by atoms with E-state index in [1.54, 1.807) is 9.80 Å². The molecule has 4 aromatic rings. The molecule has 6 rings (SSSR count). The van der Waals surface area contributed by atoms with Gasteiger partial charge in [0, 0.05) is 59.4 Å². The van der Waals surface area contributed by atoms with Crippen LogP contribution in [0.5, 0.6) is 0 Å². The average molecular weight is 793 g/mol. The van der Waals surface area contributed by atoms with Crippen LogP contribution in [0.2, 0.25) is 0 Å². The largest absolute Gasteiger partial charge is 0.368 e. The second kappa shape index (κ2) is 18.8. The van der Waals surface area contributed by atoms with Crippen LogP contribution in [0.25, 0.3) is 25.0 Å². The lowest BCUT2D eigenvalue weighted by molar-refractivity contribution is -0.124. The Bertz CT molecular complexity index is 2060. The van der Waals surface area contributed by atoms with Gasteiger partial charge < -0.3 is 31.9 Å². The summed E-state index contributed by atoms with van der Waals surface area (Å²) in [5.41, 5.74) is 16.4. The minimum atomic E-state index is -1.07. The molecule has 55 heavy (non-hydrogen) atoms. The van der Waals surface area contributed by atoms with Gasteiger partial charge >= 0.3 is 12.1 Å². The number of nitrogens with one attached hydrogen (secondary N) is 4. The van der Waals surface area contributed by atoms with Crippen molar-refractivity contribution in [2.45, 2.75) is 65.6 Å². The van der Waals surface area contributed by atoms with E-state index in [4.69, 9.17) is 23.8 Å². The van der Waals surface area contributed by atoms with E-state index in [1.165, 1.54) is 22.7 Å². The quantitative estimate of drug-likeness (QED) is 0.118. The molecule has 10 N–H and O–H groups in total. The SMILES string of the molecule is C.C.CCNC(=O)Nc1sc2ccccc2c1C(=O)N1CCC(N)(C(N)=O)CC1.[C-]#[N+]C1(N)CCN(C(=O)c2c(NC(=O)NCC)sc3ccccc23)CC1. The van der Waals surface area contributed by atoms with Gasteiger partial charge in [0.1, 0.15) is 10.0 Å². The standard InChI is InChI=1S/C18H23N5O3S.C18H21N5O2S.2CH4/c1-2-21-17(26)22-14-13(11-5-3-4-6-12(11)27-14)15(24)23-9-7-18(20,8-10-23)16(19)25;1-3-21-17(25)22-15-14(12-6-4-5-7-13(12)26-15)16(24)23-10-8-18(19,20-2)9-11-23;;/h3-6H,2,7-10,20H2,1H3,(H2,19,25)(H2,21,22,26);4-7H,3,8-11,19H2,1H3,(H2,21,22,25);2*1H4. The van der Waals surface area contributed by atoms with Gasteiger partial charge in [-0.15, -0.1) is 22.7 Å². The molecule has 2 fully saturated rings. The molecule has 7 amide bonds. The zero-order chi connectivity index (χ0) is 38.3. The number of hydrogen-bond donors (Lipinski definition) is 7. The number of hydrogen-bond acceptors (Lipinski definition) is 9. The maximum absolute atomic E-state index is 13.2. The van der Waals surface area contributed by atoms with Gasteiger partial charge in [0.2, 0.25) is 5.91 Å². The number of benzene rings is 2. The van der Waals surface area contributed by atoms with Crippen molar-refractivity contribution in [2.75, 3.05) is 49.9 Å². The zero-order valence-electron chi connectivity index (χ0n) is 29.6. The number of primary amides is 1. The molecule has 0 spiro atoms. The molecule has 0 atom stereocenters. The first kappa shape index (κ1) is 44.1. The molecule has 0 aliphatic carbocycles. The number of likely N-dealkylation sites (tertiary alicyclic amines) is 2. The number of carbonyl (C=O) groups is 5. The molecule has 2 aromatic carbocycles. The summed E-state index contributed by atoms with van der Waals surface area (Å²) in [5, 5.41) is 13.6. The fourth-order valence-electron chi connectivity index (χ4n) is 6.19. The normalized spacial score (nSPS) is 15.5. The third-order valence-electron chi connectivity index (χ3n) is 9.32. The van der Waals surface area contributed by atoms with E-state index in [9.17, 15) is 24.0 Å². The summed E-state index contributed by atoms with van der Waals surface area (Å²) < 4.78 is 1.85. The van der Waals surface area contributed by atoms with Crippen molar-refractivity contribution in [3.05, 3.63) is 71.1 Å². The number of anilines is 2. The Kier molecular flexibility index (Phi) is 15.1. The molecule has 0 bridgehead atoms. The number of urea groups is 2. The Morgan fingerprint density at radius 3 is 1.45 bits per heavy atom. The van der Waals surface area contributed by atoms with Gasteiger partial charge in [0.25, 0.3) is 17.5 Å². The van der Waals surface area contributed by atoms with Gasteiger partial charge in [-0.3, -0.25) is 35.6 Å². The number of amides is 7. The average Bonchev–Trinajstić information content (AvgIpc) is 3.69. The van der Waals surface area contributed by atoms with E-state index >= 15 is 0 Å². The van der Waals surface area contributed by atoms with Crippen LogP contribution in [0.1, 0.15) is 75.1 Å². The Morgan fingerprint density at radius 2 is 1.09 bits per heavy atom. The van der Waals surface area contributed by atoms with Gasteiger partial charge in [-0.2, -0.15) is 0 Å². The first-order valence-corrected chi connectivity index (χ1v) is 18.9. The summed E-state index contributed by atoms with van der Waals surface area (Å²) in [6.45, 7) is 13.4. The lowest BCUT2D eigenvalue weighted by Crippen LogP contribution is -2.59. The van der Waals surface area contributed by atoms with Crippen LogP contribution in [0.3, 0.4) is 0 Å². The molecule has 0 radical (unpaired) electrons. The fourth-order valence-corrected chi connectivity index (χ4v) is 8.37. The topological polar surface area (TPSA) is 222 Å². The first-order valence-electron chi connectivity index (χ1n) is 17.3. The van der Waals surface area contributed by atoms with Gasteiger partial charge in [-0.05, 0) is 38.8 Å². The molecule has 15 nitrogen and oxygen atoms in total. The Morgan fingerprint density at radius 1 is 0.709 bits per heavy atom. The Labute approximate surface area is 329 Å². The van der Waals surface area contributed by atoms with Crippen molar-refractivity contribution >= 4 is 82.6 Å². The lowest BCUT2D eigenvalue weighted by Gasteiger charge is -2.37. The second-order valence-corrected chi connectivity index (χ2v) is 15.0. The predicted octanol–water partition coefficient (Wildman–Crippen LogP) is 5.59. The number of carbonyl (C=O) groups excluding carboxylic acids is 5. The van der Waals surface area contributed by atoms with Crippen molar-refractivity contribution in [2.24, 2.45) is 17.2 Å². The van der Waals surface area contributed by atoms with Crippen LogP contribution in [-0.4, -0.2) is 90.1 Å². The highest BCUT2D eigenvalue weighted by molar-refractivity contribution is 7.24. The first-order chi connectivity index (χ1) is 25.3. The molecule has 2 saturated heterocycles. The van der Waals surface area contributed by atoms with E-state index in [2.05, 4.69) is 26.1 Å². The molecule has 17 heteroatoms. The summed E-state index contributed by atoms with van der Waals surface area (Å²) in [5.74, 6) is -0.874. The third kappa shape index (κ3) is 9.89. The minimum absolute atomic E-state index is 0. The molecule has 0 unspecified atom stereocenters. The van der Waals surface area contributed by atoms with E-state index in [0.717, 1.165) is 20.2 Å². The number of fused-ring (bicyclic) bond motifs is 2. The van der Waals surface area contributed by atoms with Crippen molar-refractivity contribution in [1.29, 1.82) is 0 Å². The maximum Gasteiger partial charge on any atom is 0.319 e. The minimum Gasteiger partial charge on any atom is -0.368 e. The molecular formula is C38H52N10O5S2. The van der Waals surface area contributed by atoms with Crippen molar-refractivity contribution in [1.82, 2.24) is 20.4 Å². The molecule has 2 aliphatic heterocycles. The number of piperidine rings is 2. The highest BCUT2D eigenvalue weighted by atomic mass is 32.1. The number of rotatable bonds is 7. The smallest absolute Gasteiger partial charge is 0.319 e. The van der Waals surface area contributed by atoms with E-state index in [0.29, 0.717) is 86.1 Å². The Hall–Kier alpha value is -5.28. The molecule has 2 aromatic heterocycles. The lowest BCUT2D eigenvalue weighted by atomic mass is 9.87. The monoisotopic (exact) mass is 792 g/mol. The molecule has 296 valence electrons. The maximum atomic E-state index is 13.2. The van der Waals surface area contributed by atoms with Crippen LogP contribution in [0.15, 0.2) is 48.5 Å². The van der Waals surface area contributed by atoms with Crippen molar-refractivity contribution in [3.8, 4) is 0 Å².